The van der Waals surface area contributed by atoms with Crippen molar-refractivity contribution in [1.29, 1.82) is 0 Å². The minimum absolute atomic E-state index is 0.987. The molecule has 0 atom stereocenters. The zero-order valence-corrected chi connectivity index (χ0v) is 70.9. The lowest BCUT2D eigenvalue weighted by molar-refractivity contribution is 0.222. The van der Waals surface area contributed by atoms with Gasteiger partial charge in [-0.25, -0.2) is 0 Å². The van der Waals surface area contributed by atoms with Crippen LogP contribution in [0, 0.1) is 0 Å². The van der Waals surface area contributed by atoms with E-state index in [0.717, 1.165) is 99.7 Å². The third kappa shape index (κ3) is 44.3. The topological polar surface area (TPSA) is 73.8 Å². The molecule has 1 heterocycles. The van der Waals surface area contributed by atoms with Crippen LogP contribution < -0.4 is 0 Å². The molecule has 1 fully saturated rings. The molecule has 1 saturated heterocycles. The van der Waals surface area contributed by atoms with E-state index in [4.69, 9.17) is 32.9 Å². The molecule has 88 heavy (non-hydrogen) atoms. The zero-order valence-electron chi connectivity index (χ0n) is 62.9. The minimum Gasteiger partial charge on any atom is -0.416 e. The molecule has 16 heteroatoms. The van der Waals surface area contributed by atoms with Gasteiger partial charge in [-0.2, -0.15) is 0 Å². The highest BCUT2D eigenvalue weighted by molar-refractivity contribution is 6.95. The number of rotatable bonds is 56. The van der Waals surface area contributed by atoms with E-state index in [0.29, 0.717) is 0 Å². The Morgan fingerprint density at radius 1 is 0.125 bits per heavy atom. The van der Waals surface area contributed by atoms with Crippen molar-refractivity contribution in [2.75, 3.05) is 0 Å². The standard InChI is InChI=1S/C72H160O8Si8/c1-17-25-33-41-49-57-65-81(9)73-82(10,66-58-50-42-34-26-18-2)75-84(12,68-60-52-44-36-28-20-4)77-86(14,70-62-54-46-38-30-22-6)79-88(16,72-64-56-48-40-32-24-8)80-87(15,71-63-55-47-39-31-23-7)78-85(13,69-61-53-45-37-29-21-5)76-83(11,74-81)67-59-51-43-35-27-19-3/h17-72H2,1-16H3. The molecular formula is C72H160O8Si8. The van der Waals surface area contributed by atoms with Crippen molar-refractivity contribution < 1.29 is 32.9 Å². The fourth-order valence-electron chi connectivity index (χ4n) is 14.4. The van der Waals surface area contributed by atoms with Crippen molar-refractivity contribution in [3.8, 4) is 0 Å². The van der Waals surface area contributed by atoms with Gasteiger partial charge in [0, 0.05) is 0 Å². The van der Waals surface area contributed by atoms with E-state index in [1.807, 2.05) is 0 Å². The smallest absolute Gasteiger partial charge is 0.317 e. The van der Waals surface area contributed by atoms with Gasteiger partial charge >= 0.3 is 68.5 Å². The fourth-order valence-corrected chi connectivity index (χ4v) is 61.7. The Bertz CT molecular complexity index is 1230. The average Bonchev–Trinajstić information content (AvgIpc) is 1.43. The molecule has 0 saturated carbocycles. The monoisotopic (exact) mass is 1380 g/mol. The lowest BCUT2D eigenvalue weighted by Crippen LogP contribution is -2.67. The van der Waals surface area contributed by atoms with E-state index < -0.39 is 68.5 Å². The van der Waals surface area contributed by atoms with E-state index in [1.54, 1.807) is 0 Å². The van der Waals surface area contributed by atoms with Crippen LogP contribution in [0.2, 0.25) is 101 Å². The molecule has 528 valence electrons. The molecule has 0 unspecified atom stereocenters. The largest absolute Gasteiger partial charge is 0.416 e. The van der Waals surface area contributed by atoms with Crippen LogP contribution >= 0.6 is 0 Å². The van der Waals surface area contributed by atoms with Crippen molar-refractivity contribution in [2.45, 2.75) is 464 Å². The van der Waals surface area contributed by atoms with Gasteiger partial charge in [-0.15, -0.1) is 0 Å². The zero-order chi connectivity index (χ0) is 65.3. The van der Waals surface area contributed by atoms with Crippen molar-refractivity contribution in [3.63, 3.8) is 0 Å². The summed E-state index contributed by atoms with van der Waals surface area (Å²) in [7, 11) is -24.2. The molecule has 0 radical (unpaired) electrons. The van der Waals surface area contributed by atoms with Crippen LogP contribution in [-0.2, 0) is 32.9 Å². The van der Waals surface area contributed by atoms with E-state index in [9.17, 15) is 0 Å². The second-order valence-electron chi connectivity index (χ2n) is 30.0. The Morgan fingerprint density at radius 3 is 0.295 bits per heavy atom. The molecule has 0 aliphatic carbocycles. The Balaban J connectivity index is 4.67. The van der Waals surface area contributed by atoms with Crippen LogP contribution in [0.3, 0.4) is 0 Å². The van der Waals surface area contributed by atoms with Crippen molar-refractivity contribution in [3.05, 3.63) is 0 Å². The normalized spacial score (nSPS) is 27.8. The molecule has 8 nitrogen and oxygen atoms in total. The first kappa shape index (κ1) is 87.4. The molecule has 1 aliphatic heterocycles. The predicted octanol–water partition coefficient (Wildman–Crippen LogP) is 27.6. The highest BCUT2D eigenvalue weighted by Crippen LogP contribution is 2.42. The van der Waals surface area contributed by atoms with E-state index in [2.05, 4.69) is 108 Å². The Kier molecular flexibility index (Phi) is 52.2. The third-order valence-corrected chi connectivity index (χ3v) is 57.1. The number of hydrogen-bond donors (Lipinski definition) is 0. The molecule has 0 spiro atoms. The van der Waals surface area contributed by atoms with Crippen LogP contribution in [-0.4, -0.2) is 68.5 Å². The molecular weight excluding hydrogens is 1220 g/mol. The molecule has 0 aromatic heterocycles. The second-order valence-corrected chi connectivity index (χ2v) is 58.7. The van der Waals surface area contributed by atoms with Crippen molar-refractivity contribution in [2.24, 2.45) is 0 Å². The van der Waals surface area contributed by atoms with Crippen molar-refractivity contribution >= 4 is 68.5 Å². The fraction of sp³-hybridized carbons (Fsp3) is 1.00. The highest BCUT2D eigenvalue weighted by Gasteiger charge is 2.58. The quantitative estimate of drug-likeness (QED) is 0.0441. The number of unbranched alkanes of at least 4 members (excludes halogenated alkanes) is 40. The second kappa shape index (κ2) is 52.5. The summed E-state index contributed by atoms with van der Waals surface area (Å²) < 4.78 is 66.8. The summed E-state index contributed by atoms with van der Waals surface area (Å²) in [5.74, 6) is 0. The Labute approximate surface area is 562 Å². The maximum atomic E-state index is 8.35. The van der Waals surface area contributed by atoms with Crippen LogP contribution in [0.4, 0.5) is 0 Å². The van der Waals surface area contributed by atoms with Gasteiger partial charge in [0.05, 0.1) is 0 Å². The Morgan fingerprint density at radius 2 is 0.205 bits per heavy atom. The molecule has 0 aromatic carbocycles. The summed E-state index contributed by atoms with van der Waals surface area (Å²) in [5.41, 5.74) is 0. The number of hydrogen-bond acceptors (Lipinski definition) is 8. The SMILES string of the molecule is CCCCCCCC[Si]1(C)O[Si](C)(CCCCCCCC)O[Si](C)(CCCCCCCC)O[Si](C)(CCCCCCCC)O[Si](C)(CCCCCCCC)O[Si](C)(CCCCCCCC)O[Si](C)(CCCCCCCC)O[Si](C)(CCCCCCCC)O1. The molecule has 0 amide bonds. The van der Waals surface area contributed by atoms with E-state index in [-0.39, 0.29) is 0 Å². The maximum absolute atomic E-state index is 8.35. The summed E-state index contributed by atoms with van der Waals surface area (Å²) >= 11 is 0. The summed E-state index contributed by atoms with van der Waals surface area (Å²) in [6, 6.07) is 7.89. The van der Waals surface area contributed by atoms with E-state index in [1.165, 1.54) is 257 Å². The lowest BCUT2D eigenvalue weighted by atomic mass is 10.1. The van der Waals surface area contributed by atoms with Gasteiger partial charge < -0.3 is 32.9 Å². The van der Waals surface area contributed by atoms with Crippen LogP contribution in [0.5, 0.6) is 0 Å². The first-order valence-electron chi connectivity index (χ1n) is 39.8. The van der Waals surface area contributed by atoms with Crippen LogP contribution in [0.15, 0.2) is 0 Å². The van der Waals surface area contributed by atoms with Gasteiger partial charge in [-0.05, 0) is 101 Å². The van der Waals surface area contributed by atoms with Crippen LogP contribution in [0.25, 0.3) is 0 Å². The maximum Gasteiger partial charge on any atom is 0.317 e. The van der Waals surface area contributed by atoms with Gasteiger partial charge in [0.1, 0.15) is 0 Å². The van der Waals surface area contributed by atoms with Gasteiger partial charge in [-0.1, -0.05) is 364 Å². The molecule has 1 rings (SSSR count). The molecule has 0 N–H and O–H groups in total. The predicted molar refractivity (Wildman–Crippen MR) is 407 cm³/mol. The van der Waals surface area contributed by atoms with Crippen LogP contribution in [0.1, 0.15) is 364 Å². The molecule has 0 bridgehead atoms. The molecule has 0 aromatic rings. The average molecular weight is 1380 g/mol. The Hall–Kier alpha value is 1.42. The summed E-state index contributed by atoms with van der Waals surface area (Å²) in [6.45, 7) is 38.7. The minimum atomic E-state index is -3.02. The third-order valence-electron chi connectivity index (χ3n) is 19.3. The first-order valence-corrected chi connectivity index (χ1v) is 59.9. The van der Waals surface area contributed by atoms with Gasteiger partial charge in [0.15, 0.2) is 0 Å². The first-order chi connectivity index (χ1) is 42.1. The van der Waals surface area contributed by atoms with E-state index >= 15 is 0 Å². The molecule has 1 aliphatic rings. The lowest BCUT2D eigenvalue weighted by Gasteiger charge is -2.50. The van der Waals surface area contributed by atoms with Gasteiger partial charge in [0.2, 0.25) is 0 Å². The van der Waals surface area contributed by atoms with Crippen molar-refractivity contribution in [1.82, 2.24) is 0 Å². The van der Waals surface area contributed by atoms with Gasteiger partial charge in [0.25, 0.3) is 0 Å². The summed E-state index contributed by atoms with van der Waals surface area (Å²) in [6.07, 6.45) is 60.3. The summed E-state index contributed by atoms with van der Waals surface area (Å²) in [5, 5.41) is 0. The highest BCUT2D eigenvalue weighted by atomic mass is 28.5. The van der Waals surface area contributed by atoms with Gasteiger partial charge in [-0.3, -0.25) is 0 Å². The summed E-state index contributed by atoms with van der Waals surface area (Å²) in [4.78, 5) is 0.